The molecule has 28 heavy (non-hydrogen) atoms. The van der Waals surface area contributed by atoms with Crippen LogP contribution in [0.1, 0.15) is 24.0 Å². The highest BCUT2D eigenvalue weighted by Crippen LogP contribution is 2.34. The minimum Gasteiger partial charge on any atom is -0.508 e. The summed E-state index contributed by atoms with van der Waals surface area (Å²) in [5, 5.41) is 10.1. The highest BCUT2D eigenvalue weighted by Gasteiger charge is 2.42. The standard InChI is InChI=1S/C22H25FN2O3/c1-16-5-6-20(26)17(11-16)13-24-9-7-22(8-10-24)15-25(21(27)14-28-22)19-4-2-3-18(23)12-19/h2-6,11-12,26H,7-10,13-15H2,1H3. The van der Waals surface area contributed by atoms with Crippen molar-refractivity contribution < 1.29 is 19.0 Å². The number of phenolic OH excluding ortho intramolecular Hbond substituents is 1. The Bertz CT molecular complexity index is 878. The number of hydrogen-bond donors (Lipinski definition) is 1. The Kier molecular flexibility index (Phi) is 5.08. The number of ether oxygens (including phenoxy) is 1. The number of aromatic hydroxyl groups is 1. The van der Waals surface area contributed by atoms with Crippen molar-refractivity contribution in [3.63, 3.8) is 0 Å². The fraction of sp³-hybridized carbons (Fsp3) is 0.409. The van der Waals surface area contributed by atoms with E-state index in [-0.39, 0.29) is 18.3 Å². The van der Waals surface area contributed by atoms with Gasteiger partial charge in [-0.2, -0.15) is 0 Å². The van der Waals surface area contributed by atoms with Gasteiger partial charge in [-0.1, -0.05) is 23.8 Å². The fourth-order valence-electron chi connectivity index (χ4n) is 4.10. The zero-order chi connectivity index (χ0) is 19.7. The molecule has 0 bridgehead atoms. The highest BCUT2D eigenvalue weighted by atomic mass is 19.1. The van der Waals surface area contributed by atoms with Gasteiger partial charge in [-0.3, -0.25) is 9.69 Å². The van der Waals surface area contributed by atoms with Gasteiger partial charge in [-0.05, 0) is 44.0 Å². The molecular formula is C22H25FN2O3. The van der Waals surface area contributed by atoms with E-state index in [9.17, 15) is 14.3 Å². The number of aryl methyl sites for hydroxylation is 1. The van der Waals surface area contributed by atoms with Crippen molar-refractivity contribution in [2.75, 3.05) is 31.1 Å². The number of halogens is 1. The van der Waals surface area contributed by atoms with Crippen LogP contribution >= 0.6 is 0 Å². The van der Waals surface area contributed by atoms with Crippen LogP contribution < -0.4 is 4.90 Å². The molecule has 4 rings (SSSR count). The summed E-state index contributed by atoms with van der Waals surface area (Å²) in [7, 11) is 0. The minimum absolute atomic E-state index is 0.0230. The fourth-order valence-corrected chi connectivity index (χ4v) is 4.10. The van der Waals surface area contributed by atoms with E-state index < -0.39 is 5.60 Å². The number of morpholine rings is 1. The summed E-state index contributed by atoms with van der Waals surface area (Å²) in [5.74, 6) is -0.162. The third kappa shape index (κ3) is 3.88. The number of nitrogens with zero attached hydrogens (tertiary/aromatic N) is 2. The zero-order valence-corrected chi connectivity index (χ0v) is 16.0. The molecule has 148 valence electrons. The summed E-state index contributed by atoms with van der Waals surface area (Å²) < 4.78 is 19.6. The van der Waals surface area contributed by atoms with E-state index in [1.807, 2.05) is 19.1 Å². The molecule has 2 aliphatic heterocycles. The Labute approximate surface area is 164 Å². The molecule has 5 nitrogen and oxygen atoms in total. The number of hydrogen-bond acceptors (Lipinski definition) is 4. The molecule has 1 spiro atoms. The first-order valence-electron chi connectivity index (χ1n) is 9.65. The van der Waals surface area contributed by atoms with E-state index in [1.54, 1.807) is 23.1 Å². The van der Waals surface area contributed by atoms with Gasteiger partial charge in [0.1, 0.15) is 18.2 Å². The number of phenols is 1. The Morgan fingerprint density at radius 1 is 1.18 bits per heavy atom. The predicted molar refractivity (Wildman–Crippen MR) is 105 cm³/mol. The predicted octanol–water partition coefficient (Wildman–Crippen LogP) is 3.24. The lowest BCUT2D eigenvalue weighted by Crippen LogP contribution is -2.58. The maximum absolute atomic E-state index is 13.6. The number of amides is 1. The van der Waals surface area contributed by atoms with Crippen LogP contribution in [0.3, 0.4) is 0 Å². The molecular weight excluding hydrogens is 359 g/mol. The number of anilines is 1. The monoisotopic (exact) mass is 384 g/mol. The van der Waals surface area contributed by atoms with Crippen LogP contribution in [-0.4, -0.2) is 47.8 Å². The average Bonchev–Trinajstić information content (AvgIpc) is 2.69. The summed E-state index contributed by atoms with van der Waals surface area (Å²) in [5.41, 5.74) is 2.24. The average molecular weight is 384 g/mol. The van der Waals surface area contributed by atoms with E-state index in [0.29, 0.717) is 24.5 Å². The van der Waals surface area contributed by atoms with Crippen LogP contribution in [0.4, 0.5) is 10.1 Å². The van der Waals surface area contributed by atoms with Gasteiger partial charge in [0.2, 0.25) is 0 Å². The molecule has 0 unspecified atom stereocenters. The van der Waals surface area contributed by atoms with Crippen molar-refractivity contribution in [2.45, 2.75) is 31.9 Å². The third-order valence-electron chi connectivity index (χ3n) is 5.77. The number of carbonyl (C=O) groups excluding carboxylic acids is 1. The Balaban J connectivity index is 1.43. The number of piperidine rings is 1. The molecule has 1 amide bonds. The number of likely N-dealkylation sites (tertiary alicyclic amines) is 1. The van der Waals surface area contributed by atoms with Gasteiger partial charge in [0.15, 0.2) is 0 Å². The van der Waals surface area contributed by atoms with E-state index in [0.717, 1.165) is 37.1 Å². The topological polar surface area (TPSA) is 53.0 Å². The van der Waals surface area contributed by atoms with Crippen LogP contribution in [0.25, 0.3) is 0 Å². The van der Waals surface area contributed by atoms with Gasteiger partial charge in [0.05, 0.1) is 12.1 Å². The van der Waals surface area contributed by atoms with Gasteiger partial charge in [-0.15, -0.1) is 0 Å². The summed E-state index contributed by atoms with van der Waals surface area (Å²) in [4.78, 5) is 16.3. The lowest BCUT2D eigenvalue weighted by atomic mass is 9.88. The van der Waals surface area contributed by atoms with E-state index >= 15 is 0 Å². The van der Waals surface area contributed by atoms with Crippen LogP contribution in [0.15, 0.2) is 42.5 Å². The summed E-state index contributed by atoms with van der Waals surface area (Å²) in [6.07, 6.45) is 1.58. The lowest BCUT2D eigenvalue weighted by Gasteiger charge is -2.47. The molecule has 6 heteroatoms. The smallest absolute Gasteiger partial charge is 0.253 e. The number of carbonyl (C=O) groups is 1. The molecule has 2 saturated heterocycles. The first-order chi connectivity index (χ1) is 13.4. The molecule has 0 saturated carbocycles. The van der Waals surface area contributed by atoms with E-state index in [4.69, 9.17) is 4.74 Å². The molecule has 1 N–H and O–H groups in total. The summed E-state index contributed by atoms with van der Waals surface area (Å²) in [6, 6.07) is 11.8. The van der Waals surface area contributed by atoms with Crippen LogP contribution in [0.2, 0.25) is 0 Å². The van der Waals surface area contributed by atoms with E-state index in [1.165, 1.54) is 12.1 Å². The second kappa shape index (κ2) is 7.53. The SMILES string of the molecule is Cc1ccc(O)c(CN2CCC3(CC2)CN(c2cccc(F)c2)C(=O)CO3)c1. The Morgan fingerprint density at radius 3 is 2.71 bits per heavy atom. The molecule has 2 aliphatic rings. The Morgan fingerprint density at radius 2 is 1.96 bits per heavy atom. The quantitative estimate of drug-likeness (QED) is 0.883. The van der Waals surface area contributed by atoms with Crippen molar-refractivity contribution in [1.29, 1.82) is 0 Å². The van der Waals surface area contributed by atoms with Crippen molar-refractivity contribution in [3.05, 3.63) is 59.4 Å². The molecule has 0 aromatic heterocycles. The molecule has 0 atom stereocenters. The molecule has 2 aromatic rings. The number of benzene rings is 2. The first kappa shape index (κ1) is 18.9. The van der Waals surface area contributed by atoms with E-state index in [2.05, 4.69) is 4.90 Å². The van der Waals surface area contributed by atoms with Crippen LogP contribution in [-0.2, 0) is 16.1 Å². The summed E-state index contributed by atoms with van der Waals surface area (Å²) >= 11 is 0. The van der Waals surface area contributed by atoms with Crippen molar-refractivity contribution >= 4 is 11.6 Å². The van der Waals surface area contributed by atoms with Gasteiger partial charge >= 0.3 is 0 Å². The molecule has 2 fully saturated rings. The maximum Gasteiger partial charge on any atom is 0.253 e. The van der Waals surface area contributed by atoms with Crippen molar-refractivity contribution in [3.8, 4) is 5.75 Å². The van der Waals surface area contributed by atoms with Crippen LogP contribution in [0, 0.1) is 12.7 Å². The minimum atomic E-state index is -0.397. The zero-order valence-electron chi connectivity index (χ0n) is 16.0. The molecule has 2 heterocycles. The first-order valence-corrected chi connectivity index (χ1v) is 9.65. The maximum atomic E-state index is 13.6. The number of rotatable bonds is 3. The second-order valence-electron chi connectivity index (χ2n) is 7.84. The molecule has 0 aliphatic carbocycles. The van der Waals surface area contributed by atoms with Crippen molar-refractivity contribution in [2.24, 2.45) is 0 Å². The van der Waals surface area contributed by atoms with Gasteiger partial charge < -0.3 is 14.7 Å². The lowest BCUT2D eigenvalue weighted by molar-refractivity contribution is -0.145. The third-order valence-corrected chi connectivity index (χ3v) is 5.77. The highest BCUT2D eigenvalue weighted by molar-refractivity contribution is 5.95. The molecule has 2 aromatic carbocycles. The largest absolute Gasteiger partial charge is 0.508 e. The van der Waals surface area contributed by atoms with Gasteiger partial charge in [0.25, 0.3) is 5.91 Å². The second-order valence-corrected chi connectivity index (χ2v) is 7.84. The van der Waals surface area contributed by atoms with Gasteiger partial charge in [0, 0.05) is 30.9 Å². The molecule has 0 radical (unpaired) electrons. The normalized spacial score (nSPS) is 19.9. The van der Waals surface area contributed by atoms with Crippen LogP contribution in [0.5, 0.6) is 5.75 Å². The van der Waals surface area contributed by atoms with Crippen molar-refractivity contribution in [1.82, 2.24) is 4.90 Å². The summed E-state index contributed by atoms with van der Waals surface area (Å²) in [6.45, 7) is 4.81. The van der Waals surface area contributed by atoms with Gasteiger partial charge in [-0.25, -0.2) is 4.39 Å². The Hall–Kier alpha value is -2.44.